The predicted octanol–water partition coefficient (Wildman–Crippen LogP) is 2.10. The summed E-state index contributed by atoms with van der Waals surface area (Å²) < 4.78 is 0. The van der Waals surface area contributed by atoms with Crippen LogP contribution in [0.2, 0.25) is 0 Å². The molecule has 0 radical (unpaired) electrons. The van der Waals surface area contributed by atoms with Gasteiger partial charge in [-0.3, -0.25) is 4.79 Å². The fraction of sp³-hybridized carbons (Fsp3) is 0.917. The summed E-state index contributed by atoms with van der Waals surface area (Å²) >= 11 is 1.60. The number of carboxylic acid groups (broad SMARTS) is 1. The largest absolute Gasteiger partial charge is 0.480 e. The molecule has 4 nitrogen and oxygen atoms in total. The average molecular weight is 265 g/mol. The monoisotopic (exact) mass is 265 g/mol. The molecule has 0 amide bonds. The van der Waals surface area contributed by atoms with Gasteiger partial charge >= 0.3 is 5.97 Å². The molecule has 0 spiro atoms. The van der Waals surface area contributed by atoms with Crippen molar-refractivity contribution in [3.05, 3.63) is 0 Å². The van der Waals surface area contributed by atoms with E-state index in [2.05, 4.69) is 6.92 Å². The first kappa shape index (κ1) is 19.1. The van der Waals surface area contributed by atoms with Crippen molar-refractivity contribution in [3.8, 4) is 0 Å². The quantitative estimate of drug-likeness (QED) is 0.585. The van der Waals surface area contributed by atoms with Gasteiger partial charge in [-0.2, -0.15) is 11.8 Å². The third-order valence-electron chi connectivity index (χ3n) is 2.18. The van der Waals surface area contributed by atoms with Crippen LogP contribution in [-0.2, 0) is 4.79 Å². The molecule has 0 fully saturated rings. The molecule has 0 aromatic rings. The molecule has 0 rings (SSSR count). The van der Waals surface area contributed by atoms with E-state index in [1.807, 2.05) is 13.2 Å². The molecular formula is C12H27NO3S. The molecule has 0 aromatic carbocycles. The van der Waals surface area contributed by atoms with E-state index in [0.717, 1.165) is 12.2 Å². The van der Waals surface area contributed by atoms with E-state index >= 15 is 0 Å². The van der Waals surface area contributed by atoms with Gasteiger partial charge in [-0.05, 0) is 31.8 Å². The molecule has 5 heteroatoms. The number of unbranched alkanes of at least 4 members (excludes halogenated alkanes) is 2. The second kappa shape index (κ2) is 13.8. The van der Waals surface area contributed by atoms with Crippen molar-refractivity contribution < 1.29 is 15.0 Å². The lowest BCUT2D eigenvalue weighted by Gasteiger charge is -2.02. The zero-order valence-electron chi connectivity index (χ0n) is 11.2. The number of carboxylic acids is 1. The first-order valence-electron chi connectivity index (χ1n) is 6.11. The topological polar surface area (TPSA) is 83.5 Å². The number of nitrogens with two attached hydrogens (primary N) is 1. The van der Waals surface area contributed by atoms with Crippen LogP contribution < -0.4 is 5.73 Å². The van der Waals surface area contributed by atoms with Crippen LogP contribution in [-0.4, -0.2) is 40.3 Å². The molecule has 0 aliphatic rings. The minimum Gasteiger partial charge on any atom is -0.480 e. The number of thioether (sulfide) groups is 1. The summed E-state index contributed by atoms with van der Waals surface area (Å²) in [6.07, 6.45) is 7.02. The van der Waals surface area contributed by atoms with Crippen molar-refractivity contribution >= 4 is 17.7 Å². The van der Waals surface area contributed by atoms with Gasteiger partial charge in [-0.1, -0.05) is 26.2 Å². The molecule has 0 bridgehead atoms. The first-order valence-corrected chi connectivity index (χ1v) is 7.50. The van der Waals surface area contributed by atoms with E-state index in [9.17, 15) is 4.79 Å². The van der Waals surface area contributed by atoms with Gasteiger partial charge < -0.3 is 15.9 Å². The Bertz CT molecular complexity index is 177. The molecule has 104 valence electrons. The molecule has 0 saturated heterocycles. The van der Waals surface area contributed by atoms with Crippen LogP contribution in [0.25, 0.3) is 0 Å². The standard InChI is InChI=1S/C7H16O.C5H11NO2S/c1-3-4-5-6-7(2)8;1-9-3-2-4(6)5(7)8/h7-8H,3-6H2,1-2H3;4H,2-3,6H2,1H3,(H,7,8). The Morgan fingerprint density at radius 1 is 1.35 bits per heavy atom. The zero-order valence-corrected chi connectivity index (χ0v) is 12.0. The smallest absolute Gasteiger partial charge is 0.320 e. The summed E-state index contributed by atoms with van der Waals surface area (Å²) in [5.41, 5.74) is 5.19. The summed E-state index contributed by atoms with van der Waals surface area (Å²) in [7, 11) is 0. The van der Waals surface area contributed by atoms with Gasteiger partial charge in [0, 0.05) is 0 Å². The van der Waals surface area contributed by atoms with E-state index in [0.29, 0.717) is 6.42 Å². The minimum atomic E-state index is -0.913. The Morgan fingerprint density at radius 2 is 1.94 bits per heavy atom. The summed E-state index contributed by atoms with van der Waals surface area (Å²) in [4.78, 5) is 10.1. The van der Waals surface area contributed by atoms with E-state index in [1.165, 1.54) is 19.3 Å². The van der Waals surface area contributed by atoms with Gasteiger partial charge in [-0.15, -0.1) is 0 Å². The number of carbonyl (C=O) groups is 1. The molecule has 0 aliphatic heterocycles. The highest BCUT2D eigenvalue weighted by atomic mass is 32.2. The van der Waals surface area contributed by atoms with E-state index < -0.39 is 12.0 Å². The zero-order chi connectivity index (χ0) is 13.7. The Kier molecular flexibility index (Phi) is 15.5. The van der Waals surface area contributed by atoms with E-state index in [1.54, 1.807) is 11.8 Å². The van der Waals surface area contributed by atoms with Crippen molar-refractivity contribution in [2.45, 2.75) is 58.1 Å². The summed E-state index contributed by atoms with van der Waals surface area (Å²) in [6, 6.07) is -0.683. The summed E-state index contributed by atoms with van der Waals surface area (Å²) in [6.45, 7) is 4.01. The third kappa shape index (κ3) is 18.3. The number of aliphatic hydroxyl groups is 1. The molecule has 2 atom stereocenters. The maximum absolute atomic E-state index is 10.1. The Labute approximate surface area is 109 Å². The highest BCUT2D eigenvalue weighted by Crippen LogP contribution is 2.01. The Morgan fingerprint density at radius 3 is 2.29 bits per heavy atom. The van der Waals surface area contributed by atoms with Crippen LogP contribution in [0.1, 0.15) is 46.0 Å². The van der Waals surface area contributed by atoms with Gasteiger partial charge in [-0.25, -0.2) is 0 Å². The van der Waals surface area contributed by atoms with Crippen LogP contribution in [0.5, 0.6) is 0 Å². The second-order valence-electron chi connectivity index (χ2n) is 4.07. The summed E-state index contributed by atoms with van der Waals surface area (Å²) in [5, 5.41) is 17.1. The number of rotatable bonds is 8. The molecule has 0 aliphatic carbocycles. The van der Waals surface area contributed by atoms with E-state index in [-0.39, 0.29) is 6.10 Å². The highest BCUT2D eigenvalue weighted by Gasteiger charge is 2.08. The van der Waals surface area contributed by atoms with Crippen LogP contribution in [0, 0.1) is 0 Å². The van der Waals surface area contributed by atoms with Crippen LogP contribution in [0.4, 0.5) is 0 Å². The molecule has 0 saturated carbocycles. The first-order chi connectivity index (χ1) is 7.95. The fourth-order valence-corrected chi connectivity index (χ4v) is 1.55. The van der Waals surface area contributed by atoms with Crippen molar-refractivity contribution in [2.24, 2.45) is 5.73 Å². The Balaban J connectivity index is 0. The second-order valence-corrected chi connectivity index (χ2v) is 5.06. The number of aliphatic carboxylic acids is 1. The predicted molar refractivity (Wildman–Crippen MR) is 74.4 cm³/mol. The number of aliphatic hydroxyl groups excluding tert-OH is 1. The third-order valence-corrected chi connectivity index (χ3v) is 2.82. The number of hydrogen-bond acceptors (Lipinski definition) is 4. The van der Waals surface area contributed by atoms with Gasteiger partial charge in [0.1, 0.15) is 6.04 Å². The van der Waals surface area contributed by atoms with Crippen molar-refractivity contribution in [3.63, 3.8) is 0 Å². The molecule has 0 aromatic heterocycles. The van der Waals surface area contributed by atoms with Crippen molar-refractivity contribution in [2.75, 3.05) is 12.0 Å². The number of hydrogen-bond donors (Lipinski definition) is 3. The SMILES string of the molecule is CCCCCC(C)O.CSCCC(N)C(=O)O. The minimum absolute atomic E-state index is 0.0958. The molecule has 0 heterocycles. The summed E-state index contributed by atoms with van der Waals surface area (Å²) in [5.74, 6) is -0.1000. The molecule has 4 N–H and O–H groups in total. The molecule has 2 unspecified atom stereocenters. The molecule has 17 heavy (non-hydrogen) atoms. The molecular weight excluding hydrogens is 238 g/mol. The van der Waals surface area contributed by atoms with Gasteiger partial charge in [0.2, 0.25) is 0 Å². The lowest BCUT2D eigenvalue weighted by molar-refractivity contribution is -0.138. The maximum Gasteiger partial charge on any atom is 0.320 e. The van der Waals surface area contributed by atoms with Crippen molar-refractivity contribution in [1.29, 1.82) is 0 Å². The van der Waals surface area contributed by atoms with Gasteiger partial charge in [0.15, 0.2) is 0 Å². The average Bonchev–Trinajstić information content (AvgIpc) is 2.26. The normalized spacial score (nSPS) is 13.5. The van der Waals surface area contributed by atoms with E-state index in [4.69, 9.17) is 15.9 Å². The fourth-order valence-electron chi connectivity index (χ4n) is 1.06. The van der Waals surface area contributed by atoms with Gasteiger partial charge in [0.25, 0.3) is 0 Å². The Hall–Kier alpha value is -0.260. The highest BCUT2D eigenvalue weighted by molar-refractivity contribution is 7.98. The van der Waals surface area contributed by atoms with Gasteiger partial charge in [0.05, 0.1) is 6.10 Å². The maximum atomic E-state index is 10.1. The lowest BCUT2D eigenvalue weighted by atomic mass is 10.1. The van der Waals surface area contributed by atoms with Crippen LogP contribution in [0.15, 0.2) is 0 Å². The lowest BCUT2D eigenvalue weighted by Crippen LogP contribution is -2.30. The van der Waals surface area contributed by atoms with Crippen LogP contribution in [0.3, 0.4) is 0 Å². The van der Waals surface area contributed by atoms with Crippen LogP contribution >= 0.6 is 11.8 Å². The van der Waals surface area contributed by atoms with Crippen molar-refractivity contribution in [1.82, 2.24) is 0 Å².